The molecule has 0 saturated carbocycles. The van der Waals surface area contributed by atoms with Crippen molar-refractivity contribution >= 4 is 22.4 Å². The van der Waals surface area contributed by atoms with Gasteiger partial charge in [0.05, 0.1) is 7.11 Å². The van der Waals surface area contributed by atoms with Crippen LogP contribution < -0.4 is 8.92 Å². The maximum absolute atomic E-state index is 12.5. The lowest BCUT2D eigenvalue weighted by Crippen LogP contribution is -2.28. The molecule has 1 aromatic carbocycles. The Morgan fingerprint density at radius 2 is 1.92 bits per heavy atom. The lowest BCUT2D eigenvalue weighted by atomic mass is 10.0. The van der Waals surface area contributed by atoms with Crippen molar-refractivity contribution in [1.82, 2.24) is 0 Å². The maximum Gasteiger partial charge on any atom is 0.534 e. The van der Waals surface area contributed by atoms with Gasteiger partial charge in [0.25, 0.3) is 0 Å². The van der Waals surface area contributed by atoms with Crippen molar-refractivity contribution in [2.75, 3.05) is 13.7 Å². The number of carbonyl (C=O) groups excluding carboxylic acids is 2. The summed E-state index contributed by atoms with van der Waals surface area (Å²) in [6.07, 6.45) is 1.41. The third-order valence-corrected chi connectivity index (χ3v) is 3.86. The number of hydrogen-bond acceptors (Lipinski definition) is 7. The summed E-state index contributed by atoms with van der Waals surface area (Å²) in [5.41, 5.74) is -6.80. The molecule has 0 spiro atoms. The molecule has 0 aliphatic carbocycles. The number of hydrogen-bond donors (Lipinski definition) is 0. The van der Waals surface area contributed by atoms with Crippen LogP contribution in [0.1, 0.15) is 26.3 Å². The second kappa shape index (κ2) is 7.55. The summed E-state index contributed by atoms with van der Waals surface area (Å²) in [6, 6.07) is 0.751. The second-order valence-corrected chi connectivity index (χ2v) is 6.02. The van der Waals surface area contributed by atoms with Gasteiger partial charge in [-0.1, -0.05) is 12.7 Å². The Kier molecular flexibility index (Phi) is 6.19. The molecule has 0 radical (unpaired) electrons. The van der Waals surface area contributed by atoms with Crippen molar-refractivity contribution in [3.05, 3.63) is 35.4 Å². The lowest BCUT2D eigenvalue weighted by Gasteiger charge is -2.17. The fraction of sp³-hybridized carbons (Fsp3) is 0.286. The molecule has 0 bridgehead atoms. The van der Waals surface area contributed by atoms with E-state index in [2.05, 4.69) is 15.5 Å². The molecule has 1 rings (SSSR count). The molecule has 0 atom stereocenters. The zero-order chi connectivity index (χ0) is 19.4. The van der Waals surface area contributed by atoms with E-state index in [-0.39, 0.29) is 24.0 Å². The van der Waals surface area contributed by atoms with E-state index in [1.165, 1.54) is 6.08 Å². The van der Waals surface area contributed by atoms with Crippen LogP contribution in [0.25, 0.3) is 0 Å². The number of carbonyl (C=O) groups is 2. The number of ether oxygens (including phenoxy) is 2. The molecule has 0 fully saturated rings. The highest BCUT2D eigenvalue weighted by molar-refractivity contribution is 7.88. The molecule has 11 heteroatoms. The Balaban J connectivity index is 3.64. The van der Waals surface area contributed by atoms with Crippen molar-refractivity contribution in [2.45, 2.75) is 12.4 Å². The number of rotatable bonds is 7. The molecular formula is C14H13F3O7S. The van der Waals surface area contributed by atoms with Crippen molar-refractivity contribution in [3.63, 3.8) is 0 Å². The first-order chi connectivity index (χ1) is 11.5. The van der Waals surface area contributed by atoms with Crippen molar-refractivity contribution in [1.29, 1.82) is 0 Å². The van der Waals surface area contributed by atoms with Gasteiger partial charge in [-0.2, -0.15) is 21.6 Å². The molecule has 138 valence electrons. The summed E-state index contributed by atoms with van der Waals surface area (Å²) in [7, 11) is -4.97. The van der Waals surface area contributed by atoms with E-state index in [0.29, 0.717) is 0 Å². The topological polar surface area (TPSA) is 96.0 Å². The number of halogens is 3. The molecule has 0 amide bonds. The average molecular weight is 382 g/mol. The van der Waals surface area contributed by atoms with E-state index >= 15 is 0 Å². The minimum Gasteiger partial charge on any atom is -0.488 e. The highest BCUT2D eigenvalue weighted by Gasteiger charge is 2.49. The van der Waals surface area contributed by atoms with Gasteiger partial charge in [0, 0.05) is 17.2 Å². The third-order valence-electron chi connectivity index (χ3n) is 2.90. The summed E-state index contributed by atoms with van der Waals surface area (Å²) >= 11 is 0. The predicted molar refractivity (Wildman–Crippen MR) is 79.2 cm³/mol. The second-order valence-electron chi connectivity index (χ2n) is 4.48. The van der Waals surface area contributed by atoms with E-state index in [4.69, 9.17) is 4.74 Å². The van der Waals surface area contributed by atoms with Crippen LogP contribution >= 0.6 is 0 Å². The highest BCUT2D eigenvalue weighted by atomic mass is 32.2. The first kappa shape index (κ1) is 20.5. The van der Waals surface area contributed by atoms with E-state index < -0.39 is 38.7 Å². The Hall–Kier alpha value is -2.56. The van der Waals surface area contributed by atoms with Gasteiger partial charge < -0.3 is 13.7 Å². The lowest BCUT2D eigenvalue weighted by molar-refractivity contribution is -0.0500. The maximum atomic E-state index is 12.5. The van der Waals surface area contributed by atoms with E-state index in [1.54, 1.807) is 0 Å². The van der Waals surface area contributed by atoms with Gasteiger partial charge in [-0.15, -0.1) is 0 Å². The smallest absolute Gasteiger partial charge is 0.488 e. The molecule has 1 aromatic rings. The van der Waals surface area contributed by atoms with Crippen LogP contribution in [0, 0.1) is 6.92 Å². The fourth-order valence-electron chi connectivity index (χ4n) is 1.73. The van der Waals surface area contributed by atoms with E-state index in [9.17, 15) is 31.2 Å². The third kappa shape index (κ3) is 4.29. The fourth-order valence-corrected chi connectivity index (χ4v) is 2.23. The van der Waals surface area contributed by atoms with Gasteiger partial charge in [-0.25, -0.2) is 4.79 Å². The number of esters is 1. The summed E-state index contributed by atoms with van der Waals surface area (Å²) < 4.78 is 73.6. The SMILES string of the molecule is C=CCOc1cc(OS(=O)(=O)C(F)(F)F)c(C)c(C=O)c1C(=O)OC. The minimum absolute atomic E-state index is 0.148. The van der Waals surface area contributed by atoms with Crippen molar-refractivity contribution in [3.8, 4) is 11.5 Å². The molecule has 25 heavy (non-hydrogen) atoms. The first-order valence-electron chi connectivity index (χ1n) is 6.45. The number of alkyl halides is 3. The largest absolute Gasteiger partial charge is 0.534 e. The van der Waals surface area contributed by atoms with Crippen molar-refractivity contribution < 1.29 is 44.8 Å². The zero-order valence-corrected chi connectivity index (χ0v) is 13.9. The van der Waals surface area contributed by atoms with Crippen LogP contribution in [-0.4, -0.2) is 39.9 Å². The Bertz CT molecular complexity index is 798. The van der Waals surface area contributed by atoms with E-state index in [0.717, 1.165) is 20.1 Å². The van der Waals surface area contributed by atoms with Gasteiger partial charge in [0.1, 0.15) is 23.7 Å². The molecular weight excluding hydrogens is 369 g/mol. The molecule has 0 aliphatic rings. The summed E-state index contributed by atoms with van der Waals surface area (Å²) in [5, 5.41) is 0. The van der Waals surface area contributed by atoms with Gasteiger partial charge in [0.15, 0.2) is 6.29 Å². The molecule has 7 nitrogen and oxygen atoms in total. The zero-order valence-electron chi connectivity index (χ0n) is 13.0. The van der Waals surface area contributed by atoms with Gasteiger partial charge in [-0.3, -0.25) is 4.79 Å². The van der Waals surface area contributed by atoms with Crippen LogP contribution in [0.4, 0.5) is 13.2 Å². The quantitative estimate of drug-likeness (QED) is 0.235. The molecule has 0 N–H and O–H groups in total. The van der Waals surface area contributed by atoms with Gasteiger partial charge in [0.2, 0.25) is 0 Å². The van der Waals surface area contributed by atoms with E-state index in [1.807, 2.05) is 0 Å². The minimum atomic E-state index is -5.98. The average Bonchev–Trinajstić information content (AvgIpc) is 2.52. The van der Waals surface area contributed by atoms with Crippen LogP contribution in [-0.2, 0) is 14.9 Å². The predicted octanol–water partition coefficient (Wildman–Crippen LogP) is 2.39. The van der Waals surface area contributed by atoms with Crippen LogP contribution in [0.15, 0.2) is 18.7 Å². The number of methoxy groups -OCH3 is 1. The normalized spacial score (nSPS) is 11.6. The summed E-state index contributed by atoms with van der Waals surface area (Å²) in [5.74, 6) is -2.22. The molecule has 0 aliphatic heterocycles. The standard InChI is InChI=1S/C14H13F3O7S/c1-4-5-23-11-6-10(24-25(20,21)14(15,16)17)8(2)9(7-18)12(11)13(19)22-3/h4,6-7H,1,5H2,2-3H3. The molecule has 0 saturated heterocycles. The summed E-state index contributed by atoms with van der Waals surface area (Å²) in [6.45, 7) is 4.28. The van der Waals surface area contributed by atoms with Crippen LogP contribution in [0.3, 0.4) is 0 Å². The van der Waals surface area contributed by atoms with Crippen molar-refractivity contribution in [2.24, 2.45) is 0 Å². The molecule has 0 aromatic heterocycles. The molecule has 0 unspecified atom stereocenters. The molecule has 0 heterocycles. The van der Waals surface area contributed by atoms with Crippen LogP contribution in [0.5, 0.6) is 11.5 Å². The van der Waals surface area contributed by atoms with Gasteiger partial charge in [-0.05, 0) is 6.92 Å². The van der Waals surface area contributed by atoms with Gasteiger partial charge >= 0.3 is 21.6 Å². The Morgan fingerprint density at radius 1 is 1.32 bits per heavy atom. The number of aldehydes is 1. The monoisotopic (exact) mass is 382 g/mol. The Labute approximate surface area is 141 Å². The highest BCUT2D eigenvalue weighted by Crippen LogP contribution is 2.36. The summed E-state index contributed by atoms with van der Waals surface area (Å²) in [4.78, 5) is 23.2. The van der Waals surface area contributed by atoms with Crippen LogP contribution in [0.2, 0.25) is 0 Å². The first-order valence-corrected chi connectivity index (χ1v) is 7.86. The number of benzene rings is 1. The Morgan fingerprint density at radius 3 is 2.36 bits per heavy atom.